The Morgan fingerprint density at radius 3 is 2.95 bits per heavy atom. The highest BCUT2D eigenvalue weighted by atomic mass is 16.4. The number of rotatable bonds is 1. The van der Waals surface area contributed by atoms with E-state index in [1.165, 1.54) is 6.33 Å². The molecule has 2 aliphatic heterocycles. The number of nitrogens with zero attached hydrogens (tertiary/aromatic N) is 3. The second-order valence-electron chi connectivity index (χ2n) is 5.33. The average Bonchev–Trinajstić information content (AvgIpc) is 3.10. The first-order chi connectivity index (χ1) is 10.2. The second-order valence-corrected chi connectivity index (χ2v) is 5.33. The van der Waals surface area contributed by atoms with Gasteiger partial charge in [-0.2, -0.15) is 0 Å². The Hall–Kier alpha value is -2.63. The van der Waals surface area contributed by atoms with E-state index in [0.29, 0.717) is 23.5 Å². The van der Waals surface area contributed by atoms with Crippen molar-refractivity contribution in [2.45, 2.75) is 18.9 Å². The number of carboxylic acids is 1. The lowest BCUT2D eigenvalue weighted by atomic mass is 10.1. The van der Waals surface area contributed by atoms with Gasteiger partial charge in [-0.15, -0.1) is 0 Å². The van der Waals surface area contributed by atoms with Crippen LogP contribution >= 0.6 is 0 Å². The molecule has 1 atom stereocenters. The molecule has 0 radical (unpaired) electrons. The van der Waals surface area contributed by atoms with Gasteiger partial charge in [0.25, 0.3) is 5.91 Å². The highest BCUT2D eigenvalue weighted by Gasteiger charge is 2.39. The van der Waals surface area contributed by atoms with Crippen molar-refractivity contribution in [3.8, 4) is 5.69 Å². The zero-order valence-corrected chi connectivity index (χ0v) is 11.2. The van der Waals surface area contributed by atoms with Gasteiger partial charge in [-0.1, -0.05) is 12.1 Å². The van der Waals surface area contributed by atoms with Gasteiger partial charge in [0.1, 0.15) is 6.33 Å². The molecular formula is C15H13N3O3. The second kappa shape index (κ2) is 4.18. The van der Waals surface area contributed by atoms with Crippen LogP contribution in [0.5, 0.6) is 0 Å². The molecule has 2 aromatic rings. The summed E-state index contributed by atoms with van der Waals surface area (Å²) >= 11 is 0. The molecule has 2 aliphatic rings. The maximum absolute atomic E-state index is 12.7. The third-order valence-electron chi connectivity index (χ3n) is 4.23. The molecule has 6 heteroatoms. The van der Waals surface area contributed by atoms with Crippen molar-refractivity contribution >= 4 is 11.9 Å². The highest BCUT2D eigenvalue weighted by Crippen LogP contribution is 2.39. The summed E-state index contributed by atoms with van der Waals surface area (Å²) in [6.07, 6.45) is 3.15. The lowest BCUT2D eigenvalue weighted by molar-refractivity contribution is 0.0673. The fourth-order valence-corrected chi connectivity index (χ4v) is 3.35. The van der Waals surface area contributed by atoms with Gasteiger partial charge in [0.15, 0.2) is 5.69 Å². The van der Waals surface area contributed by atoms with Crippen LogP contribution in [-0.4, -0.2) is 38.0 Å². The molecule has 0 unspecified atom stereocenters. The molecule has 1 aromatic heterocycles. The maximum atomic E-state index is 12.7. The number of benzene rings is 1. The Labute approximate surface area is 120 Å². The summed E-state index contributed by atoms with van der Waals surface area (Å²) < 4.78 is 1.76. The molecule has 6 nitrogen and oxygen atoms in total. The molecule has 1 amide bonds. The van der Waals surface area contributed by atoms with Crippen LogP contribution in [0, 0.1) is 0 Å². The fraction of sp³-hybridized carbons (Fsp3) is 0.267. The summed E-state index contributed by atoms with van der Waals surface area (Å²) in [7, 11) is 0. The summed E-state index contributed by atoms with van der Waals surface area (Å²) in [6.45, 7) is 0.655. The molecule has 3 heterocycles. The molecule has 1 aromatic carbocycles. The van der Waals surface area contributed by atoms with Gasteiger partial charge in [0.05, 0.1) is 23.0 Å². The van der Waals surface area contributed by atoms with Crippen LogP contribution in [0.4, 0.5) is 0 Å². The number of para-hydroxylation sites is 1. The minimum atomic E-state index is -1.05. The van der Waals surface area contributed by atoms with E-state index in [1.807, 2.05) is 18.2 Å². The van der Waals surface area contributed by atoms with Crippen molar-refractivity contribution in [2.24, 2.45) is 0 Å². The summed E-state index contributed by atoms with van der Waals surface area (Å²) in [6, 6.07) is 7.06. The van der Waals surface area contributed by atoms with Gasteiger partial charge in [-0.3, -0.25) is 9.36 Å². The number of amides is 1. The summed E-state index contributed by atoms with van der Waals surface area (Å²) in [5.74, 6) is -1.09. The van der Waals surface area contributed by atoms with Crippen molar-refractivity contribution in [3.63, 3.8) is 0 Å². The van der Waals surface area contributed by atoms with E-state index in [0.717, 1.165) is 12.8 Å². The van der Waals surface area contributed by atoms with E-state index < -0.39 is 5.97 Å². The molecule has 1 N–H and O–H groups in total. The van der Waals surface area contributed by atoms with E-state index in [1.54, 1.807) is 15.5 Å². The van der Waals surface area contributed by atoms with E-state index in [2.05, 4.69) is 4.98 Å². The van der Waals surface area contributed by atoms with E-state index in [-0.39, 0.29) is 17.6 Å². The van der Waals surface area contributed by atoms with Crippen molar-refractivity contribution in [1.82, 2.24) is 14.5 Å². The minimum absolute atomic E-state index is 0.0341. The number of hydrogen-bond donors (Lipinski definition) is 1. The van der Waals surface area contributed by atoms with Crippen LogP contribution in [0.3, 0.4) is 0 Å². The molecule has 0 bridgehead atoms. The summed E-state index contributed by atoms with van der Waals surface area (Å²) in [5.41, 5.74) is 1.94. The number of carboxylic acid groups (broad SMARTS) is 1. The molecular weight excluding hydrogens is 270 g/mol. The number of fused-ring (bicyclic) bond motifs is 5. The van der Waals surface area contributed by atoms with Crippen molar-refractivity contribution in [1.29, 1.82) is 0 Å². The fourth-order valence-electron chi connectivity index (χ4n) is 3.35. The first-order valence-electron chi connectivity index (χ1n) is 6.89. The number of hydrogen-bond acceptors (Lipinski definition) is 3. The largest absolute Gasteiger partial charge is 0.476 e. The highest BCUT2D eigenvalue weighted by molar-refractivity contribution is 5.99. The van der Waals surface area contributed by atoms with Gasteiger partial charge in [-0.05, 0) is 25.0 Å². The van der Waals surface area contributed by atoms with Gasteiger partial charge in [0.2, 0.25) is 0 Å². The first kappa shape index (κ1) is 12.1. The predicted octanol–water partition coefficient (Wildman–Crippen LogP) is 1.86. The van der Waals surface area contributed by atoms with E-state index in [4.69, 9.17) is 0 Å². The van der Waals surface area contributed by atoms with Gasteiger partial charge < -0.3 is 10.0 Å². The Kier molecular flexibility index (Phi) is 2.42. The SMILES string of the molecule is O=C(O)c1ncn2c1[C@@H]1CCCN1C(=O)c1ccccc1-2. The van der Waals surface area contributed by atoms with E-state index in [9.17, 15) is 14.7 Å². The Bertz CT molecular complexity index is 765. The van der Waals surface area contributed by atoms with Crippen LogP contribution in [-0.2, 0) is 0 Å². The van der Waals surface area contributed by atoms with Crippen LogP contribution in [0.15, 0.2) is 30.6 Å². The molecule has 0 aliphatic carbocycles. The molecule has 106 valence electrons. The molecule has 1 saturated heterocycles. The molecule has 1 fully saturated rings. The number of aromatic nitrogens is 2. The Balaban J connectivity index is 2.05. The quantitative estimate of drug-likeness (QED) is 0.866. The standard InChI is InChI=1S/C15H13N3O3/c19-14-9-4-1-2-5-10(9)18-8-16-12(15(20)21)13(18)11-6-3-7-17(11)14/h1-2,4-5,8,11H,3,6-7H2,(H,20,21)/t11-/m0/s1. The topological polar surface area (TPSA) is 75.4 Å². The zero-order valence-electron chi connectivity index (χ0n) is 11.2. The molecule has 4 rings (SSSR count). The number of aromatic carboxylic acids is 1. The Morgan fingerprint density at radius 2 is 2.14 bits per heavy atom. The van der Waals surface area contributed by atoms with Crippen LogP contribution in [0.25, 0.3) is 5.69 Å². The van der Waals surface area contributed by atoms with Crippen molar-refractivity contribution in [3.05, 3.63) is 47.5 Å². The Morgan fingerprint density at radius 1 is 1.33 bits per heavy atom. The van der Waals surface area contributed by atoms with Gasteiger partial charge in [-0.25, -0.2) is 9.78 Å². The van der Waals surface area contributed by atoms with Gasteiger partial charge in [0, 0.05) is 6.54 Å². The third-order valence-corrected chi connectivity index (χ3v) is 4.23. The monoisotopic (exact) mass is 283 g/mol. The average molecular weight is 283 g/mol. The predicted molar refractivity (Wildman–Crippen MR) is 73.5 cm³/mol. The first-order valence-corrected chi connectivity index (χ1v) is 6.89. The maximum Gasteiger partial charge on any atom is 0.356 e. The van der Waals surface area contributed by atoms with E-state index >= 15 is 0 Å². The number of carbonyl (C=O) groups is 2. The summed E-state index contributed by atoms with van der Waals surface area (Å²) in [5, 5.41) is 9.38. The minimum Gasteiger partial charge on any atom is -0.476 e. The van der Waals surface area contributed by atoms with Gasteiger partial charge >= 0.3 is 5.97 Å². The number of carbonyl (C=O) groups excluding carboxylic acids is 1. The normalized spacial score (nSPS) is 19.7. The van der Waals surface area contributed by atoms with Crippen molar-refractivity contribution in [2.75, 3.05) is 6.54 Å². The van der Waals surface area contributed by atoms with Crippen molar-refractivity contribution < 1.29 is 14.7 Å². The zero-order chi connectivity index (χ0) is 14.6. The lowest BCUT2D eigenvalue weighted by Crippen LogP contribution is -2.30. The lowest BCUT2D eigenvalue weighted by Gasteiger charge is -2.22. The molecule has 21 heavy (non-hydrogen) atoms. The van der Waals surface area contributed by atoms with Crippen LogP contribution in [0.1, 0.15) is 45.4 Å². The third kappa shape index (κ3) is 1.55. The van der Waals surface area contributed by atoms with Crippen LogP contribution < -0.4 is 0 Å². The summed E-state index contributed by atoms with van der Waals surface area (Å²) in [4.78, 5) is 30.0. The van der Waals surface area contributed by atoms with Crippen LogP contribution in [0.2, 0.25) is 0 Å². The number of imidazole rings is 1. The molecule has 0 saturated carbocycles. The molecule has 0 spiro atoms. The smallest absolute Gasteiger partial charge is 0.356 e.